The Balaban J connectivity index is 1.34. The van der Waals surface area contributed by atoms with Crippen molar-refractivity contribution in [2.24, 2.45) is 5.92 Å². The number of benzene rings is 1. The van der Waals surface area contributed by atoms with Gasteiger partial charge in [-0.1, -0.05) is 18.2 Å². The quantitative estimate of drug-likeness (QED) is 0.832. The van der Waals surface area contributed by atoms with E-state index in [0.29, 0.717) is 43.4 Å². The second-order valence-corrected chi connectivity index (χ2v) is 7.76. The van der Waals surface area contributed by atoms with Gasteiger partial charge in [-0.05, 0) is 30.0 Å². The SMILES string of the molecule is COc1ccccc1C(=O)N1CCN(C(=O)C2CC2c2cccs2)CC1. The van der Waals surface area contributed by atoms with Crippen LogP contribution in [-0.4, -0.2) is 54.9 Å². The van der Waals surface area contributed by atoms with Gasteiger partial charge in [-0.25, -0.2) is 0 Å². The van der Waals surface area contributed by atoms with Gasteiger partial charge in [0, 0.05) is 42.9 Å². The van der Waals surface area contributed by atoms with Gasteiger partial charge in [-0.2, -0.15) is 0 Å². The molecular weight excluding hydrogens is 348 g/mol. The van der Waals surface area contributed by atoms with Crippen molar-refractivity contribution in [1.29, 1.82) is 0 Å². The van der Waals surface area contributed by atoms with Crippen LogP contribution < -0.4 is 4.74 Å². The Kier molecular flexibility index (Phi) is 4.68. The molecule has 1 aromatic carbocycles. The van der Waals surface area contributed by atoms with Gasteiger partial charge < -0.3 is 14.5 Å². The van der Waals surface area contributed by atoms with Crippen molar-refractivity contribution in [2.45, 2.75) is 12.3 Å². The molecule has 26 heavy (non-hydrogen) atoms. The minimum absolute atomic E-state index is 0.0302. The first-order valence-electron chi connectivity index (χ1n) is 8.93. The number of para-hydroxylation sites is 1. The van der Waals surface area contributed by atoms with Crippen molar-refractivity contribution in [1.82, 2.24) is 9.80 Å². The Morgan fingerprint density at radius 2 is 1.77 bits per heavy atom. The van der Waals surface area contributed by atoms with Crippen molar-refractivity contribution < 1.29 is 14.3 Å². The van der Waals surface area contributed by atoms with Gasteiger partial charge in [0.05, 0.1) is 12.7 Å². The van der Waals surface area contributed by atoms with Crippen molar-refractivity contribution in [3.8, 4) is 5.75 Å². The third-order valence-corrected chi connectivity index (χ3v) is 6.24. The minimum Gasteiger partial charge on any atom is -0.496 e. The van der Waals surface area contributed by atoms with Gasteiger partial charge >= 0.3 is 0 Å². The molecule has 5 nitrogen and oxygen atoms in total. The second kappa shape index (κ2) is 7.11. The monoisotopic (exact) mass is 370 g/mol. The normalized spacial score (nSPS) is 22.2. The van der Waals surface area contributed by atoms with Crippen LogP contribution in [0.5, 0.6) is 5.75 Å². The molecule has 136 valence electrons. The zero-order chi connectivity index (χ0) is 18.1. The van der Waals surface area contributed by atoms with Crippen molar-refractivity contribution >= 4 is 23.2 Å². The zero-order valence-corrected chi connectivity index (χ0v) is 15.6. The fourth-order valence-electron chi connectivity index (χ4n) is 3.64. The molecule has 2 unspecified atom stereocenters. The predicted molar refractivity (Wildman–Crippen MR) is 101 cm³/mol. The first-order chi connectivity index (χ1) is 12.7. The number of carbonyl (C=O) groups excluding carboxylic acids is 2. The van der Waals surface area contributed by atoms with Gasteiger partial charge in [0.25, 0.3) is 5.91 Å². The van der Waals surface area contributed by atoms with Crippen molar-refractivity contribution in [3.05, 3.63) is 52.2 Å². The summed E-state index contributed by atoms with van der Waals surface area (Å²) in [5.41, 5.74) is 0.578. The summed E-state index contributed by atoms with van der Waals surface area (Å²) < 4.78 is 5.29. The molecule has 2 amide bonds. The fourth-order valence-corrected chi connectivity index (χ4v) is 4.55. The molecule has 2 aliphatic rings. The van der Waals surface area contributed by atoms with E-state index in [9.17, 15) is 9.59 Å². The van der Waals surface area contributed by atoms with Crippen LogP contribution in [0.15, 0.2) is 41.8 Å². The third kappa shape index (κ3) is 3.21. The van der Waals surface area contributed by atoms with Crippen LogP contribution in [0.1, 0.15) is 27.6 Å². The van der Waals surface area contributed by atoms with Crippen LogP contribution in [0.25, 0.3) is 0 Å². The molecule has 1 aliphatic heterocycles. The molecule has 0 bridgehead atoms. The van der Waals surface area contributed by atoms with E-state index in [2.05, 4.69) is 11.4 Å². The number of amides is 2. The lowest BCUT2D eigenvalue weighted by atomic mass is 10.1. The molecule has 1 aliphatic carbocycles. The molecule has 2 heterocycles. The number of thiophene rings is 1. The van der Waals surface area contributed by atoms with Crippen molar-refractivity contribution in [3.63, 3.8) is 0 Å². The number of piperazine rings is 1. The molecule has 0 spiro atoms. The average Bonchev–Trinajstić information content (AvgIpc) is 3.31. The smallest absolute Gasteiger partial charge is 0.257 e. The molecule has 1 saturated carbocycles. The average molecular weight is 370 g/mol. The van der Waals surface area contributed by atoms with E-state index in [0.717, 1.165) is 6.42 Å². The Bertz CT molecular complexity index is 797. The summed E-state index contributed by atoms with van der Waals surface area (Å²) in [5.74, 6) is 1.33. The molecule has 0 N–H and O–H groups in total. The Hall–Kier alpha value is -2.34. The van der Waals surface area contributed by atoms with Gasteiger partial charge in [0.1, 0.15) is 5.75 Å². The molecule has 2 atom stereocenters. The van der Waals surface area contributed by atoms with Gasteiger partial charge in [0.15, 0.2) is 0 Å². The molecule has 4 rings (SSSR count). The molecule has 1 saturated heterocycles. The zero-order valence-electron chi connectivity index (χ0n) is 14.8. The van der Waals surface area contributed by atoms with Crippen LogP contribution in [0.3, 0.4) is 0 Å². The molecule has 1 aromatic heterocycles. The van der Waals surface area contributed by atoms with E-state index < -0.39 is 0 Å². The van der Waals surface area contributed by atoms with Gasteiger partial charge in [0.2, 0.25) is 5.91 Å². The number of methoxy groups -OCH3 is 1. The highest BCUT2D eigenvalue weighted by molar-refractivity contribution is 7.10. The lowest BCUT2D eigenvalue weighted by Gasteiger charge is -2.35. The summed E-state index contributed by atoms with van der Waals surface area (Å²) in [6.07, 6.45) is 0.958. The number of hydrogen-bond donors (Lipinski definition) is 0. The Morgan fingerprint density at radius 1 is 1.04 bits per heavy atom. The lowest BCUT2D eigenvalue weighted by Crippen LogP contribution is -2.51. The van der Waals surface area contributed by atoms with Gasteiger partial charge in [-0.3, -0.25) is 9.59 Å². The first-order valence-corrected chi connectivity index (χ1v) is 9.81. The standard InChI is InChI=1S/C20H22N2O3S/c1-25-17-6-3-2-5-14(17)19(23)21-8-10-22(11-9-21)20(24)16-13-15(16)18-7-4-12-26-18/h2-7,12,15-16H,8-11,13H2,1H3. The van der Waals surface area contributed by atoms with E-state index in [-0.39, 0.29) is 17.7 Å². The fraction of sp³-hybridized carbons (Fsp3) is 0.400. The number of ether oxygens (including phenoxy) is 1. The molecule has 2 fully saturated rings. The van der Waals surface area contributed by atoms with Crippen molar-refractivity contribution in [2.75, 3.05) is 33.3 Å². The summed E-state index contributed by atoms with van der Waals surface area (Å²) in [7, 11) is 1.57. The maximum atomic E-state index is 12.8. The highest BCUT2D eigenvalue weighted by Gasteiger charge is 2.46. The summed E-state index contributed by atoms with van der Waals surface area (Å²) in [6.45, 7) is 2.35. The largest absolute Gasteiger partial charge is 0.496 e. The summed E-state index contributed by atoms with van der Waals surface area (Å²) >= 11 is 1.73. The van der Waals surface area contributed by atoms with Crippen LogP contribution in [0.2, 0.25) is 0 Å². The Morgan fingerprint density at radius 3 is 2.46 bits per heavy atom. The summed E-state index contributed by atoms with van der Waals surface area (Å²) in [5, 5.41) is 2.07. The number of nitrogens with zero attached hydrogens (tertiary/aromatic N) is 2. The first kappa shape index (κ1) is 17.1. The number of carbonyl (C=O) groups is 2. The van der Waals surface area contributed by atoms with Crippen LogP contribution in [0.4, 0.5) is 0 Å². The maximum Gasteiger partial charge on any atom is 0.257 e. The lowest BCUT2D eigenvalue weighted by molar-refractivity contribution is -0.134. The van der Waals surface area contributed by atoms with E-state index in [1.807, 2.05) is 28.0 Å². The van der Waals surface area contributed by atoms with Crippen LogP contribution >= 0.6 is 11.3 Å². The molecule has 0 radical (unpaired) electrons. The molecule has 2 aromatic rings. The van der Waals surface area contributed by atoms with E-state index in [1.165, 1.54) is 4.88 Å². The predicted octanol–water partition coefficient (Wildman–Crippen LogP) is 2.84. The van der Waals surface area contributed by atoms with Gasteiger partial charge in [-0.15, -0.1) is 11.3 Å². The molecule has 6 heteroatoms. The van der Waals surface area contributed by atoms with E-state index in [1.54, 1.807) is 30.6 Å². The summed E-state index contributed by atoms with van der Waals surface area (Å²) in [4.78, 5) is 30.5. The number of hydrogen-bond acceptors (Lipinski definition) is 4. The molecular formula is C20H22N2O3S. The maximum absolute atomic E-state index is 12.8. The Labute approximate surface area is 157 Å². The number of rotatable bonds is 4. The van der Waals surface area contributed by atoms with E-state index >= 15 is 0 Å². The highest BCUT2D eigenvalue weighted by Crippen LogP contribution is 2.50. The van der Waals surface area contributed by atoms with E-state index in [4.69, 9.17) is 4.74 Å². The topological polar surface area (TPSA) is 49.9 Å². The second-order valence-electron chi connectivity index (χ2n) is 6.78. The minimum atomic E-state index is -0.0302. The van der Waals surface area contributed by atoms with Crippen LogP contribution in [0, 0.1) is 5.92 Å². The van der Waals surface area contributed by atoms with Crippen LogP contribution in [-0.2, 0) is 4.79 Å². The third-order valence-electron chi connectivity index (χ3n) is 5.23. The summed E-state index contributed by atoms with van der Waals surface area (Å²) in [6, 6.07) is 11.4. The highest BCUT2D eigenvalue weighted by atomic mass is 32.1.